The van der Waals surface area contributed by atoms with Crippen molar-refractivity contribution in [2.45, 2.75) is 66.4 Å². The molecular weight excluding hydrogens is 244 g/mol. The molecule has 0 amide bonds. The van der Waals surface area contributed by atoms with Crippen LogP contribution in [0.2, 0.25) is 0 Å². The third kappa shape index (κ3) is 9.65. The normalized spacial score (nSPS) is 14.2. The van der Waals surface area contributed by atoms with Crippen LogP contribution in [0.3, 0.4) is 0 Å². The molecule has 0 aliphatic rings. The van der Waals surface area contributed by atoms with Crippen LogP contribution in [-0.4, -0.2) is 29.1 Å². The van der Waals surface area contributed by atoms with Gasteiger partial charge in [0, 0.05) is 24.9 Å². The molecule has 0 fully saturated rings. The van der Waals surface area contributed by atoms with Gasteiger partial charge in [-0.1, -0.05) is 20.8 Å². The summed E-state index contributed by atoms with van der Waals surface area (Å²) in [6.07, 6.45) is 0.935. The second kappa shape index (κ2) is 7.04. The summed E-state index contributed by atoms with van der Waals surface area (Å²) in [5, 5.41) is 8.91. The molecule has 0 saturated heterocycles. The fourth-order valence-corrected chi connectivity index (χ4v) is 1.62. The van der Waals surface area contributed by atoms with Gasteiger partial charge in [-0.15, -0.1) is 0 Å². The maximum absolute atomic E-state index is 12.0. The zero-order chi connectivity index (χ0) is 15.3. The van der Waals surface area contributed by atoms with Gasteiger partial charge >= 0.3 is 5.97 Å². The van der Waals surface area contributed by atoms with E-state index in [1.54, 1.807) is 0 Å². The van der Waals surface area contributed by atoms with E-state index >= 15 is 0 Å². The quantitative estimate of drug-likeness (QED) is 0.772. The van der Waals surface area contributed by atoms with Crippen molar-refractivity contribution in [2.24, 2.45) is 11.3 Å². The Balaban J connectivity index is 4.40. The minimum atomic E-state index is -0.859. The number of carbonyl (C=O) groups excluding carboxylic acids is 1. The molecule has 0 spiro atoms. The van der Waals surface area contributed by atoms with Gasteiger partial charge in [-0.25, -0.2) is 0 Å². The molecular formula is C15H28O4. The number of carbonyl (C=O) groups is 2. The monoisotopic (exact) mass is 272 g/mol. The Morgan fingerprint density at radius 1 is 1.05 bits per heavy atom. The molecule has 0 aromatic rings. The fraction of sp³-hybridized carbons (Fsp3) is 0.867. The van der Waals surface area contributed by atoms with Crippen molar-refractivity contribution in [2.75, 3.05) is 6.61 Å². The number of aliphatic carboxylic acids is 1. The van der Waals surface area contributed by atoms with Gasteiger partial charge in [-0.2, -0.15) is 0 Å². The van der Waals surface area contributed by atoms with Crippen molar-refractivity contribution in [1.29, 1.82) is 0 Å². The lowest BCUT2D eigenvalue weighted by Crippen LogP contribution is -2.26. The Kier molecular flexibility index (Phi) is 6.70. The highest BCUT2D eigenvalue weighted by atomic mass is 16.5. The molecule has 0 rings (SSSR count). The Bertz CT molecular complexity index is 307. The highest BCUT2D eigenvalue weighted by Gasteiger charge is 2.26. The van der Waals surface area contributed by atoms with Crippen LogP contribution in [0, 0.1) is 11.3 Å². The Morgan fingerprint density at radius 3 is 1.95 bits per heavy atom. The average Bonchev–Trinajstić information content (AvgIpc) is 2.12. The number of carboxylic acid groups (broad SMARTS) is 1. The van der Waals surface area contributed by atoms with Crippen LogP contribution in [0.25, 0.3) is 0 Å². The zero-order valence-electron chi connectivity index (χ0n) is 13.1. The molecule has 4 nitrogen and oxygen atoms in total. The molecule has 1 N–H and O–H groups in total. The number of rotatable bonds is 7. The van der Waals surface area contributed by atoms with E-state index in [9.17, 15) is 9.59 Å². The van der Waals surface area contributed by atoms with Crippen LogP contribution in [-0.2, 0) is 14.3 Å². The third-order valence-electron chi connectivity index (χ3n) is 2.84. The summed E-state index contributed by atoms with van der Waals surface area (Å²) in [6.45, 7) is 11.9. The second-order valence-corrected chi connectivity index (χ2v) is 7.09. The molecule has 4 heteroatoms. The van der Waals surface area contributed by atoms with Gasteiger partial charge in [0.1, 0.15) is 5.78 Å². The predicted molar refractivity (Wildman–Crippen MR) is 75.1 cm³/mol. The van der Waals surface area contributed by atoms with Crippen molar-refractivity contribution in [1.82, 2.24) is 0 Å². The average molecular weight is 272 g/mol. The van der Waals surface area contributed by atoms with E-state index in [0.29, 0.717) is 19.4 Å². The topological polar surface area (TPSA) is 63.6 Å². The van der Waals surface area contributed by atoms with Crippen LogP contribution in [0.1, 0.15) is 60.8 Å². The molecule has 0 aromatic carbocycles. The first-order valence-corrected chi connectivity index (χ1v) is 6.81. The van der Waals surface area contributed by atoms with Gasteiger partial charge in [0.2, 0.25) is 0 Å². The first-order chi connectivity index (χ1) is 8.42. The Labute approximate surface area is 116 Å². The van der Waals surface area contributed by atoms with E-state index in [1.165, 1.54) is 0 Å². The summed E-state index contributed by atoms with van der Waals surface area (Å²) in [5.74, 6) is -0.899. The molecule has 0 radical (unpaired) electrons. The van der Waals surface area contributed by atoms with Gasteiger partial charge in [0.25, 0.3) is 0 Å². The molecule has 0 aliphatic carbocycles. The number of hydrogen-bond donors (Lipinski definition) is 1. The molecule has 0 aromatic heterocycles. The number of hydrogen-bond acceptors (Lipinski definition) is 3. The second-order valence-electron chi connectivity index (χ2n) is 7.09. The predicted octanol–water partition coefficient (Wildman–Crippen LogP) is 3.29. The molecule has 0 saturated carbocycles. The standard InChI is InChI=1S/C15H28O4/c1-14(2,3)12(16)9-11(10-13(17)18)7-8-19-15(4,5)6/h11H,7-10H2,1-6H3,(H,17,18). The smallest absolute Gasteiger partial charge is 0.303 e. The van der Waals surface area contributed by atoms with Crippen LogP contribution >= 0.6 is 0 Å². The molecule has 19 heavy (non-hydrogen) atoms. The van der Waals surface area contributed by atoms with Crippen molar-refractivity contribution < 1.29 is 19.4 Å². The van der Waals surface area contributed by atoms with Gasteiger partial charge < -0.3 is 9.84 Å². The highest BCUT2D eigenvalue weighted by Crippen LogP contribution is 2.24. The third-order valence-corrected chi connectivity index (χ3v) is 2.84. The minimum absolute atomic E-state index is 0.0231. The van der Waals surface area contributed by atoms with E-state index in [1.807, 2.05) is 41.5 Å². The molecule has 0 heterocycles. The maximum atomic E-state index is 12.0. The summed E-state index contributed by atoms with van der Waals surface area (Å²) in [6, 6.07) is 0. The van der Waals surface area contributed by atoms with Crippen molar-refractivity contribution in [3.63, 3.8) is 0 Å². The summed E-state index contributed by atoms with van der Waals surface area (Å²) in [5.41, 5.74) is -0.649. The molecule has 0 aliphatic heterocycles. The lowest BCUT2D eigenvalue weighted by Gasteiger charge is -2.24. The fourth-order valence-electron chi connectivity index (χ4n) is 1.62. The maximum Gasteiger partial charge on any atom is 0.303 e. The van der Waals surface area contributed by atoms with E-state index in [2.05, 4.69) is 0 Å². The number of Topliss-reactive ketones (excluding diaryl/α,β-unsaturated/α-hetero) is 1. The molecule has 112 valence electrons. The molecule has 1 unspecified atom stereocenters. The lowest BCUT2D eigenvalue weighted by molar-refractivity contribution is -0.138. The first kappa shape index (κ1) is 18.1. The zero-order valence-corrected chi connectivity index (χ0v) is 13.1. The summed E-state index contributed by atoms with van der Waals surface area (Å²) in [4.78, 5) is 22.8. The Hall–Kier alpha value is -0.900. The summed E-state index contributed by atoms with van der Waals surface area (Å²) < 4.78 is 5.60. The highest BCUT2D eigenvalue weighted by molar-refractivity contribution is 5.84. The van der Waals surface area contributed by atoms with Crippen LogP contribution in [0.15, 0.2) is 0 Å². The largest absolute Gasteiger partial charge is 0.481 e. The van der Waals surface area contributed by atoms with Gasteiger partial charge in [0.05, 0.1) is 5.60 Å². The summed E-state index contributed by atoms with van der Waals surface area (Å²) in [7, 11) is 0. The number of ether oxygens (including phenoxy) is 1. The number of ketones is 1. The van der Waals surface area contributed by atoms with E-state index < -0.39 is 11.4 Å². The van der Waals surface area contributed by atoms with Gasteiger partial charge in [-0.05, 0) is 33.1 Å². The number of carboxylic acids is 1. The van der Waals surface area contributed by atoms with Crippen molar-refractivity contribution >= 4 is 11.8 Å². The summed E-state index contributed by atoms with van der Waals surface area (Å²) >= 11 is 0. The van der Waals surface area contributed by atoms with Gasteiger partial charge in [-0.3, -0.25) is 9.59 Å². The van der Waals surface area contributed by atoms with E-state index in [0.717, 1.165) is 0 Å². The SMILES string of the molecule is CC(C)(C)OCCC(CC(=O)O)CC(=O)C(C)(C)C. The van der Waals surface area contributed by atoms with E-state index in [-0.39, 0.29) is 23.7 Å². The lowest BCUT2D eigenvalue weighted by atomic mass is 9.83. The first-order valence-electron chi connectivity index (χ1n) is 6.81. The van der Waals surface area contributed by atoms with Crippen LogP contribution in [0.5, 0.6) is 0 Å². The van der Waals surface area contributed by atoms with Crippen molar-refractivity contribution in [3.05, 3.63) is 0 Å². The minimum Gasteiger partial charge on any atom is -0.481 e. The van der Waals surface area contributed by atoms with E-state index in [4.69, 9.17) is 9.84 Å². The Morgan fingerprint density at radius 2 is 1.58 bits per heavy atom. The van der Waals surface area contributed by atoms with Crippen LogP contribution < -0.4 is 0 Å². The van der Waals surface area contributed by atoms with Crippen molar-refractivity contribution in [3.8, 4) is 0 Å². The molecule has 0 bridgehead atoms. The van der Waals surface area contributed by atoms with Gasteiger partial charge in [0.15, 0.2) is 0 Å². The molecule has 1 atom stereocenters. The van der Waals surface area contributed by atoms with Crippen LogP contribution in [0.4, 0.5) is 0 Å².